The number of nitrogens with one attached hydrogen (secondary N) is 1. The molecule has 0 saturated carbocycles. The van der Waals surface area contributed by atoms with Gasteiger partial charge in [0.1, 0.15) is 0 Å². The van der Waals surface area contributed by atoms with Crippen LogP contribution >= 0.6 is 11.6 Å². The lowest BCUT2D eigenvalue weighted by Crippen LogP contribution is -2.09. The molecule has 0 aliphatic carbocycles. The Kier molecular flexibility index (Phi) is 4.29. The Labute approximate surface area is 104 Å². The molecule has 0 atom stereocenters. The van der Waals surface area contributed by atoms with Crippen LogP contribution in [0.4, 0.5) is 5.69 Å². The highest BCUT2D eigenvalue weighted by Crippen LogP contribution is 2.21. The molecular formula is C12H12ClNO3. The van der Waals surface area contributed by atoms with Gasteiger partial charge in [0.25, 0.3) is 0 Å². The smallest absolute Gasteiger partial charge is 0.337 e. The second-order valence-electron chi connectivity index (χ2n) is 3.71. The lowest BCUT2D eigenvalue weighted by Gasteiger charge is -2.05. The summed E-state index contributed by atoms with van der Waals surface area (Å²) in [5.74, 6) is -1.37. The first-order valence-corrected chi connectivity index (χ1v) is 5.26. The second-order valence-corrected chi connectivity index (χ2v) is 4.12. The van der Waals surface area contributed by atoms with Gasteiger partial charge in [0.05, 0.1) is 10.6 Å². The molecule has 1 aromatic rings. The van der Waals surface area contributed by atoms with E-state index in [9.17, 15) is 9.59 Å². The number of carboxylic acids is 1. The Morgan fingerprint density at radius 3 is 2.47 bits per heavy atom. The molecule has 0 aliphatic heterocycles. The Bertz CT molecular complexity index is 491. The van der Waals surface area contributed by atoms with Crippen molar-refractivity contribution < 1.29 is 14.7 Å². The van der Waals surface area contributed by atoms with Gasteiger partial charge in [-0.3, -0.25) is 4.79 Å². The number of carboxylic acid groups (broad SMARTS) is 1. The Hall–Kier alpha value is -1.81. The van der Waals surface area contributed by atoms with E-state index in [4.69, 9.17) is 16.7 Å². The topological polar surface area (TPSA) is 66.4 Å². The Morgan fingerprint density at radius 2 is 2.00 bits per heavy atom. The maximum absolute atomic E-state index is 11.4. The summed E-state index contributed by atoms with van der Waals surface area (Å²) in [6, 6.07) is 4.25. The molecule has 1 amide bonds. The second kappa shape index (κ2) is 5.50. The number of carbonyl (C=O) groups excluding carboxylic acids is 1. The molecule has 90 valence electrons. The largest absolute Gasteiger partial charge is 0.478 e. The summed E-state index contributed by atoms with van der Waals surface area (Å²) >= 11 is 5.77. The van der Waals surface area contributed by atoms with E-state index in [1.54, 1.807) is 13.8 Å². The first-order chi connectivity index (χ1) is 7.90. The lowest BCUT2D eigenvalue weighted by atomic mass is 10.2. The zero-order chi connectivity index (χ0) is 13.0. The molecule has 5 heteroatoms. The molecule has 0 unspecified atom stereocenters. The van der Waals surface area contributed by atoms with Crippen molar-refractivity contribution in [3.05, 3.63) is 40.4 Å². The maximum atomic E-state index is 11.4. The van der Waals surface area contributed by atoms with E-state index < -0.39 is 5.97 Å². The zero-order valence-corrected chi connectivity index (χ0v) is 10.2. The van der Waals surface area contributed by atoms with Gasteiger partial charge in [-0.15, -0.1) is 0 Å². The molecule has 17 heavy (non-hydrogen) atoms. The van der Waals surface area contributed by atoms with E-state index in [2.05, 4.69) is 5.32 Å². The van der Waals surface area contributed by atoms with Crippen LogP contribution in [0.5, 0.6) is 0 Å². The van der Waals surface area contributed by atoms with Crippen LogP contribution in [0.1, 0.15) is 24.2 Å². The van der Waals surface area contributed by atoms with Crippen LogP contribution in [-0.2, 0) is 4.79 Å². The van der Waals surface area contributed by atoms with Crippen LogP contribution in [0.15, 0.2) is 29.8 Å². The molecule has 0 heterocycles. The summed E-state index contributed by atoms with van der Waals surface area (Å²) in [6.07, 6.45) is 1.44. The summed E-state index contributed by atoms with van der Waals surface area (Å²) in [5, 5.41) is 11.5. The van der Waals surface area contributed by atoms with Gasteiger partial charge in [-0.05, 0) is 32.0 Å². The predicted molar refractivity (Wildman–Crippen MR) is 66.5 cm³/mol. The normalized spacial score (nSPS) is 9.59. The zero-order valence-electron chi connectivity index (χ0n) is 9.45. The van der Waals surface area contributed by atoms with Gasteiger partial charge >= 0.3 is 5.97 Å². The minimum atomic E-state index is -1.10. The summed E-state index contributed by atoms with van der Waals surface area (Å²) in [7, 11) is 0. The van der Waals surface area contributed by atoms with Gasteiger partial charge in [0.15, 0.2) is 0 Å². The van der Waals surface area contributed by atoms with Gasteiger partial charge in [-0.2, -0.15) is 0 Å². The first kappa shape index (κ1) is 13.3. The summed E-state index contributed by atoms with van der Waals surface area (Å²) in [4.78, 5) is 22.1. The van der Waals surface area contributed by atoms with Crippen LogP contribution < -0.4 is 5.32 Å². The van der Waals surface area contributed by atoms with E-state index in [1.165, 1.54) is 24.3 Å². The van der Waals surface area contributed by atoms with Crippen molar-refractivity contribution in [2.45, 2.75) is 13.8 Å². The summed E-state index contributed by atoms with van der Waals surface area (Å²) in [6.45, 7) is 3.61. The molecule has 1 rings (SSSR count). The lowest BCUT2D eigenvalue weighted by molar-refractivity contribution is -0.111. The average molecular weight is 254 g/mol. The SMILES string of the molecule is CC(C)=CC(=O)Nc1ccc(C(=O)O)c(Cl)c1. The molecule has 0 radical (unpaired) electrons. The fourth-order valence-corrected chi connectivity index (χ4v) is 1.47. The third kappa shape index (κ3) is 3.92. The number of rotatable bonds is 3. The van der Waals surface area contributed by atoms with Crippen molar-refractivity contribution in [3.63, 3.8) is 0 Å². The maximum Gasteiger partial charge on any atom is 0.337 e. The van der Waals surface area contributed by atoms with Crippen LogP contribution in [-0.4, -0.2) is 17.0 Å². The number of benzene rings is 1. The number of hydrogen-bond acceptors (Lipinski definition) is 2. The average Bonchev–Trinajstić information content (AvgIpc) is 2.15. The van der Waals surface area contributed by atoms with E-state index in [1.807, 2.05) is 0 Å². The highest BCUT2D eigenvalue weighted by Gasteiger charge is 2.09. The van der Waals surface area contributed by atoms with Gasteiger partial charge in [-0.25, -0.2) is 4.79 Å². The van der Waals surface area contributed by atoms with E-state index in [-0.39, 0.29) is 16.5 Å². The molecule has 0 aromatic heterocycles. The molecule has 0 saturated heterocycles. The van der Waals surface area contributed by atoms with Crippen molar-refractivity contribution in [2.24, 2.45) is 0 Å². The van der Waals surface area contributed by atoms with Crippen LogP contribution in [0.3, 0.4) is 0 Å². The van der Waals surface area contributed by atoms with Gasteiger partial charge in [0, 0.05) is 11.8 Å². The summed E-state index contributed by atoms with van der Waals surface area (Å²) < 4.78 is 0. The van der Waals surface area contributed by atoms with Crippen molar-refractivity contribution in [1.82, 2.24) is 0 Å². The molecule has 0 fully saturated rings. The Morgan fingerprint density at radius 1 is 1.35 bits per heavy atom. The highest BCUT2D eigenvalue weighted by molar-refractivity contribution is 6.33. The van der Waals surface area contributed by atoms with Gasteiger partial charge in [-0.1, -0.05) is 17.2 Å². The minimum absolute atomic E-state index is 0.00637. The van der Waals surface area contributed by atoms with Crippen molar-refractivity contribution in [2.75, 3.05) is 5.32 Å². The van der Waals surface area contributed by atoms with E-state index >= 15 is 0 Å². The van der Waals surface area contributed by atoms with Crippen molar-refractivity contribution >= 4 is 29.2 Å². The molecule has 1 aromatic carbocycles. The van der Waals surface area contributed by atoms with Crippen LogP contribution in [0, 0.1) is 0 Å². The molecule has 0 aliphatic rings. The molecule has 0 bridgehead atoms. The quantitative estimate of drug-likeness (QED) is 0.814. The third-order valence-corrected chi connectivity index (χ3v) is 2.20. The first-order valence-electron chi connectivity index (χ1n) is 4.89. The number of carbonyl (C=O) groups is 2. The monoisotopic (exact) mass is 253 g/mol. The van der Waals surface area contributed by atoms with Crippen molar-refractivity contribution in [3.8, 4) is 0 Å². The van der Waals surface area contributed by atoms with Crippen molar-refractivity contribution in [1.29, 1.82) is 0 Å². The molecule has 0 spiro atoms. The number of hydrogen-bond donors (Lipinski definition) is 2. The summed E-state index contributed by atoms with van der Waals surface area (Å²) in [5.41, 5.74) is 1.34. The molecule has 2 N–H and O–H groups in total. The fourth-order valence-electron chi connectivity index (χ4n) is 1.21. The van der Waals surface area contributed by atoms with Gasteiger partial charge in [0.2, 0.25) is 5.91 Å². The Balaban J connectivity index is 2.88. The highest BCUT2D eigenvalue weighted by atomic mass is 35.5. The van der Waals surface area contributed by atoms with E-state index in [0.29, 0.717) is 5.69 Å². The molecular weight excluding hydrogens is 242 g/mol. The number of aromatic carboxylic acids is 1. The van der Waals surface area contributed by atoms with Gasteiger partial charge < -0.3 is 10.4 Å². The van der Waals surface area contributed by atoms with E-state index in [0.717, 1.165) is 5.57 Å². The number of halogens is 1. The number of amides is 1. The predicted octanol–water partition coefficient (Wildman–Crippen LogP) is 2.94. The minimum Gasteiger partial charge on any atom is -0.478 e. The fraction of sp³-hybridized carbons (Fsp3) is 0.167. The number of allylic oxidation sites excluding steroid dienone is 1. The van der Waals surface area contributed by atoms with Crippen LogP contribution in [0.2, 0.25) is 5.02 Å². The third-order valence-electron chi connectivity index (χ3n) is 1.89. The standard InChI is InChI=1S/C12H12ClNO3/c1-7(2)5-11(15)14-8-3-4-9(12(16)17)10(13)6-8/h3-6H,1-2H3,(H,14,15)(H,16,17). The van der Waals surface area contributed by atoms with Crippen LogP contribution in [0.25, 0.3) is 0 Å². The number of anilines is 1. The molecule has 4 nitrogen and oxygen atoms in total.